The zero-order valence-corrected chi connectivity index (χ0v) is 15.3. The highest BCUT2D eigenvalue weighted by Gasteiger charge is 2.39. The van der Waals surface area contributed by atoms with Crippen LogP contribution in [-0.4, -0.2) is 42.3 Å². The number of morpholine rings is 1. The number of hydrogen-bond donors (Lipinski definition) is 3. The molecule has 4 N–H and O–H groups in total. The van der Waals surface area contributed by atoms with E-state index >= 15 is 0 Å². The molecule has 8 nitrogen and oxygen atoms in total. The molecule has 1 aliphatic rings. The summed E-state index contributed by atoms with van der Waals surface area (Å²) in [5.74, 6) is -1.29. The van der Waals surface area contributed by atoms with E-state index in [1.165, 1.54) is 29.2 Å². The standard InChI is InChI=1S/C20H20N4O4/c1-12-2-7-15(10-16(12)22)24-8-9-28-18(20(24)27)17(25)19(26)23-14-5-3-13(11-21)4-6-14/h2-7,10,17-18,25H,8-9,22H2,1H3,(H,23,26)/t17-,18-/m1/s1. The average molecular weight is 380 g/mol. The van der Waals surface area contributed by atoms with Gasteiger partial charge in [-0.15, -0.1) is 0 Å². The fourth-order valence-electron chi connectivity index (χ4n) is 2.87. The summed E-state index contributed by atoms with van der Waals surface area (Å²) in [5, 5.41) is 21.7. The van der Waals surface area contributed by atoms with E-state index in [1.807, 2.05) is 13.0 Å². The highest BCUT2D eigenvalue weighted by atomic mass is 16.5. The predicted octanol–water partition coefficient (Wildman–Crippen LogP) is 1.18. The Labute approximate surface area is 162 Å². The van der Waals surface area contributed by atoms with Crippen LogP contribution in [0, 0.1) is 18.3 Å². The summed E-state index contributed by atoms with van der Waals surface area (Å²) >= 11 is 0. The normalized spacial score (nSPS) is 17.7. The average Bonchev–Trinajstić information content (AvgIpc) is 2.70. The molecule has 2 amide bonds. The zero-order chi connectivity index (χ0) is 20.3. The SMILES string of the molecule is Cc1ccc(N2CCO[C@H]([C@@H](O)C(=O)Nc3ccc(C#N)cc3)C2=O)cc1N. The second-order valence-corrected chi connectivity index (χ2v) is 6.45. The number of benzene rings is 2. The Balaban J connectivity index is 1.72. The van der Waals surface area contributed by atoms with Crippen LogP contribution in [0.4, 0.5) is 17.1 Å². The maximum Gasteiger partial charge on any atom is 0.259 e. The number of rotatable bonds is 4. The van der Waals surface area contributed by atoms with Crippen molar-refractivity contribution in [2.24, 2.45) is 0 Å². The highest BCUT2D eigenvalue weighted by Crippen LogP contribution is 2.24. The third-order valence-electron chi connectivity index (χ3n) is 4.53. The topological polar surface area (TPSA) is 129 Å². The second-order valence-electron chi connectivity index (χ2n) is 6.45. The molecule has 144 valence electrons. The van der Waals surface area contributed by atoms with Crippen molar-refractivity contribution in [3.05, 3.63) is 53.6 Å². The number of nitrogen functional groups attached to an aromatic ring is 1. The summed E-state index contributed by atoms with van der Waals surface area (Å²) in [6.07, 6.45) is -3.01. The van der Waals surface area contributed by atoms with Gasteiger partial charge in [0.2, 0.25) is 0 Å². The summed E-state index contributed by atoms with van der Waals surface area (Å²) in [7, 11) is 0. The molecule has 1 fully saturated rings. The first-order valence-corrected chi connectivity index (χ1v) is 8.69. The maximum absolute atomic E-state index is 12.8. The van der Waals surface area contributed by atoms with Crippen molar-refractivity contribution in [3.8, 4) is 6.07 Å². The fraction of sp³-hybridized carbons (Fsp3) is 0.250. The first-order valence-electron chi connectivity index (χ1n) is 8.69. The van der Waals surface area contributed by atoms with Gasteiger partial charge in [0.1, 0.15) is 0 Å². The van der Waals surface area contributed by atoms with Gasteiger partial charge < -0.3 is 25.8 Å². The fourth-order valence-corrected chi connectivity index (χ4v) is 2.87. The van der Waals surface area contributed by atoms with Gasteiger partial charge in [-0.25, -0.2) is 0 Å². The lowest BCUT2D eigenvalue weighted by atomic mass is 10.1. The van der Waals surface area contributed by atoms with E-state index in [0.29, 0.717) is 29.2 Å². The summed E-state index contributed by atoms with van der Waals surface area (Å²) in [5.41, 5.74) is 8.78. The third-order valence-corrected chi connectivity index (χ3v) is 4.53. The van der Waals surface area contributed by atoms with E-state index in [-0.39, 0.29) is 6.61 Å². The van der Waals surface area contributed by atoms with E-state index in [2.05, 4.69) is 5.32 Å². The van der Waals surface area contributed by atoms with Crippen LogP contribution in [0.25, 0.3) is 0 Å². The largest absolute Gasteiger partial charge is 0.398 e. The van der Waals surface area contributed by atoms with Crippen molar-refractivity contribution in [2.75, 3.05) is 29.1 Å². The number of nitriles is 1. The number of aliphatic hydroxyl groups excluding tert-OH is 1. The van der Waals surface area contributed by atoms with Crippen LogP contribution >= 0.6 is 0 Å². The molecule has 1 saturated heterocycles. The number of nitrogens with zero attached hydrogens (tertiary/aromatic N) is 2. The number of aliphatic hydroxyl groups is 1. The number of aryl methyl sites for hydroxylation is 1. The third kappa shape index (κ3) is 3.96. The molecule has 2 aromatic carbocycles. The van der Waals surface area contributed by atoms with E-state index in [4.69, 9.17) is 15.7 Å². The number of ether oxygens (including phenoxy) is 1. The van der Waals surface area contributed by atoms with Crippen LogP contribution in [0.1, 0.15) is 11.1 Å². The lowest BCUT2D eigenvalue weighted by molar-refractivity contribution is -0.150. The van der Waals surface area contributed by atoms with Gasteiger partial charge in [0.05, 0.1) is 18.2 Å². The van der Waals surface area contributed by atoms with E-state index in [1.54, 1.807) is 18.2 Å². The van der Waals surface area contributed by atoms with Crippen LogP contribution in [0.3, 0.4) is 0 Å². The number of amides is 2. The van der Waals surface area contributed by atoms with Crippen molar-refractivity contribution in [3.63, 3.8) is 0 Å². The van der Waals surface area contributed by atoms with Gasteiger partial charge in [-0.1, -0.05) is 6.07 Å². The molecule has 0 aromatic heterocycles. The van der Waals surface area contributed by atoms with Gasteiger partial charge in [0, 0.05) is 23.6 Å². The van der Waals surface area contributed by atoms with Crippen molar-refractivity contribution in [2.45, 2.75) is 19.1 Å². The van der Waals surface area contributed by atoms with E-state index < -0.39 is 24.0 Å². The van der Waals surface area contributed by atoms with Crippen LogP contribution in [0.5, 0.6) is 0 Å². The summed E-state index contributed by atoms with van der Waals surface area (Å²) in [6, 6.07) is 13.4. The Morgan fingerprint density at radius 3 is 2.71 bits per heavy atom. The van der Waals surface area contributed by atoms with Gasteiger partial charge in [-0.05, 0) is 48.9 Å². The summed E-state index contributed by atoms with van der Waals surface area (Å²) in [6.45, 7) is 2.33. The van der Waals surface area contributed by atoms with Gasteiger partial charge in [-0.3, -0.25) is 9.59 Å². The molecule has 0 saturated carbocycles. The summed E-state index contributed by atoms with van der Waals surface area (Å²) in [4.78, 5) is 26.6. The Kier molecular flexibility index (Phi) is 5.59. The summed E-state index contributed by atoms with van der Waals surface area (Å²) < 4.78 is 5.38. The molecule has 8 heteroatoms. The second kappa shape index (κ2) is 8.08. The first-order chi connectivity index (χ1) is 13.4. The number of anilines is 3. The smallest absolute Gasteiger partial charge is 0.259 e. The predicted molar refractivity (Wildman–Crippen MR) is 103 cm³/mol. The quantitative estimate of drug-likeness (QED) is 0.683. The Bertz CT molecular complexity index is 936. The highest BCUT2D eigenvalue weighted by molar-refractivity contribution is 6.04. The minimum Gasteiger partial charge on any atom is -0.398 e. The Morgan fingerprint density at radius 1 is 1.36 bits per heavy atom. The molecule has 0 aliphatic carbocycles. The van der Waals surface area contributed by atoms with Gasteiger partial charge >= 0.3 is 0 Å². The van der Waals surface area contributed by atoms with Crippen molar-refractivity contribution in [1.82, 2.24) is 0 Å². The number of nitrogens with two attached hydrogens (primary N) is 1. The lowest BCUT2D eigenvalue weighted by Gasteiger charge is -2.34. The number of nitrogens with one attached hydrogen (secondary N) is 1. The van der Waals surface area contributed by atoms with E-state index in [9.17, 15) is 14.7 Å². The molecule has 0 bridgehead atoms. The van der Waals surface area contributed by atoms with Crippen molar-refractivity contribution < 1.29 is 19.4 Å². The Hall–Kier alpha value is -3.41. The minimum absolute atomic E-state index is 0.172. The maximum atomic E-state index is 12.8. The molecule has 2 aromatic rings. The van der Waals surface area contributed by atoms with Crippen LogP contribution in [-0.2, 0) is 14.3 Å². The number of hydrogen-bond acceptors (Lipinski definition) is 6. The first kappa shape index (κ1) is 19.4. The van der Waals surface area contributed by atoms with Gasteiger partial charge in [0.15, 0.2) is 12.2 Å². The van der Waals surface area contributed by atoms with E-state index in [0.717, 1.165) is 5.56 Å². The Morgan fingerprint density at radius 2 is 2.07 bits per heavy atom. The molecule has 0 spiro atoms. The number of carbonyl (C=O) groups excluding carboxylic acids is 2. The molecule has 0 radical (unpaired) electrons. The van der Waals surface area contributed by atoms with Gasteiger partial charge in [0.25, 0.3) is 11.8 Å². The molecule has 28 heavy (non-hydrogen) atoms. The minimum atomic E-state index is -1.69. The van der Waals surface area contributed by atoms with Crippen LogP contribution in [0.15, 0.2) is 42.5 Å². The number of carbonyl (C=O) groups is 2. The van der Waals surface area contributed by atoms with Crippen LogP contribution in [0.2, 0.25) is 0 Å². The van der Waals surface area contributed by atoms with Crippen molar-refractivity contribution in [1.29, 1.82) is 5.26 Å². The zero-order valence-electron chi connectivity index (χ0n) is 15.3. The van der Waals surface area contributed by atoms with Gasteiger partial charge in [-0.2, -0.15) is 5.26 Å². The van der Waals surface area contributed by atoms with Crippen LogP contribution < -0.4 is 16.0 Å². The molecule has 1 aliphatic heterocycles. The lowest BCUT2D eigenvalue weighted by Crippen LogP contribution is -2.55. The molecule has 0 unspecified atom stereocenters. The monoisotopic (exact) mass is 380 g/mol. The van der Waals surface area contributed by atoms with Crippen molar-refractivity contribution >= 4 is 28.9 Å². The molecule has 3 rings (SSSR count). The molecular formula is C20H20N4O4. The molecule has 1 heterocycles. The molecule has 2 atom stereocenters. The molecular weight excluding hydrogens is 360 g/mol.